The molecule has 3 N–H and O–H groups in total. The second-order valence-corrected chi connectivity index (χ2v) is 6.39. The Morgan fingerprint density at radius 3 is 2.45 bits per heavy atom. The van der Waals surface area contributed by atoms with Crippen molar-refractivity contribution in [2.75, 3.05) is 13.1 Å². The lowest BCUT2D eigenvalue weighted by Gasteiger charge is -2.20. The van der Waals surface area contributed by atoms with Crippen LogP contribution in [0.15, 0.2) is 23.1 Å². The number of nitrogens with two attached hydrogens (primary N) is 1. The molecule has 9 heteroatoms. The lowest BCUT2D eigenvalue weighted by atomic mass is 10.2. The Balaban J connectivity index is 3.31. The minimum Gasteiger partial charge on any atom is -0.480 e. The molecule has 0 aliphatic rings. The van der Waals surface area contributed by atoms with E-state index in [0.29, 0.717) is 9.87 Å². The summed E-state index contributed by atoms with van der Waals surface area (Å²) in [5.74, 6) is -2.34. The zero-order chi connectivity index (χ0) is 15.5. The number of aliphatic carboxylic acids is 1. The number of primary amides is 1. The smallest absolute Gasteiger partial charge is 0.318 e. The van der Waals surface area contributed by atoms with Crippen molar-refractivity contribution in [3.05, 3.63) is 28.8 Å². The van der Waals surface area contributed by atoms with E-state index < -0.39 is 35.0 Å². The van der Waals surface area contributed by atoms with Gasteiger partial charge in [-0.15, -0.1) is 0 Å². The number of hydrogen-bond donors (Lipinski definition) is 2. The van der Waals surface area contributed by atoms with Crippen LogP contribution in [0.4, 0.5) is 0 Å². The number of halogens is 1. The van der Waals surface area contributed by atoms with Gasteiger partial charge in [0.15, 0.2) is 0 Å². The minimum atomic E-state index is -4.18. The molecule has 7 nitrogen and oxygen atoms in total. The van der Waals surface area contributed by atoms with Crippen LogP contribution in [0.1, 0.15) is 5.56 Å². The molecular formula is C11H13ClN2O5S. The van der Waals surface area contributed by atoms with E-state index >= 15 is 0 Å². The first-order valence-electron chi connectivity index (χ1n) is 5.41. The van der Waals surface area contributed by atoms with Crippen molar-refractivity contribution in [1.82, 2.24) is 4.31 Å². The third-order valence-corrected chi connectivity index (χ3v) is 4.58. The van der Waals surface area contributed by atoms with Crippen LogP contribution in [0.3, 0.4) is 0 Å². The summed E-state index contributed by atoms with van der Waals surface area (Å²) in [5.41, 5.74) is 5.33. The molecule has 0 radical (unpaired) electrons. The predicted octanol–water partition coefficient (Wildman–Crippen LogP) is 0.209. The van der Waals surface area contributed by atoms with E-state index in [9.17, 15) is 18.0 Å². The fraction of sp³-hybridized carbons (Fsp3) is 0.273. The van der Waals surface area contributed by atoms with Crippen molar-refractivity contribution in [2.24, 2.45) is 5.73 Å². The Hall–Kier alpha value is -1.64. The Kier molecular flexibility index (Phi) is 5.09. The number of carbonyl (C=O) groups excluding carboxylic acids is 1. The largest absolute Gasteiger partial charge is 0.480 e. The molecule has 0 heterocycles. The third-order valence-electron chi connectivity index (χ3n) is 2.41. The summed E-state index contributed by atoms with van der Waals surface area (Å²) in [5, 5.41) is 8.93. The first-order chi connectivity index (χ1) is 9.14. The lowest BCUT2D eigenvalue weighted by molar-refractivity contribution is -0.137. The Labute approximate surface area is 121 Å². The third kappa shape index (κ3) is 3.92. The average Bonchev–Trinajstić information content (AvgIpc) is 2.30. The normalized spacial score (nSPS) is 11.6. The highest BCUT2D eigenvalue weighted by Gasteiger charge is 2.29. The van der Waals surface area contributed by atoms with Gasteiger partial charge in [0, 0.05) is 5.02 Å². The summed E-state index contributed by atoms with van der Waals surface area (Å²) in [7, 11) is -4.18. The summed E-state index contributed by atoms with van der Waals surface area (Å²) in [6.07, 6.45) is 0. The quantitative estimate of drug-likeness (QED) is 0.776. The lowest BCUT2D eigenvalue weighted by Crippen LogP contribution is -2.41. The molecule has 0 saturated heterocycles. The second-order valence-electron chi connectivity index (χ2n) is 4.04. The van der Waals surface area contributed by atoms with Crippen LogP contribution in [0.2, 0.25) is 5.02 Å². The van der Waals surface area contributed by atoms with Crippen molar-refractivity contribution in [1.29, 1.82) is 0 Å². The van der Waals surface area contributed by atoms with Gasteiger partial charge < -0.3 is 10.8 Å². The summed E-state index contributed by atoms with van der Waals surface area (Å²) in [6.45, 7) is -0.0513. The van der Waals surface area contributed by atoms with Crippen LogP contribution in [0.25, 0.3) is 0 Å². The molecule has 110 valence electrons. The number of hydrogen-bond acceptors (Lipinski definition) is 4. The van der Waals surface area contributed by atoms with Crippen molar-refractivity contribution >= 4 is 33.5 Å². The predicted molar refractivity (Wildman–Crippen MR) is 71.8 cm³/mol. The maximum absolute atomic E-state index is 12.4. The first-order valence-corrected chi connectivity index (χ1v) is 7.23. The second kappa shape index (κ2) is 6.21. The van der Waals surface area contributed by atoms with E-state index in [1.54, 1.807) is 0 Å². The molecule has 0 atom stereocenters. The highest BCUT2D eigenvalue weighted by molar-refractivity contribution is 7.89. The van der Waals surface area contributed by atoms with Crippen LogP contribution in [0, 0.1) is 6.92 Å². The number of sulfonamides is 1. The van der Waals surface area contributed by atoms with Gasteiger partial charge in [0.05, 0.1) is 11.4 Å². The van der Waals surface area contributed by atoms with Gasteiger partial charge in [0.25, 0.3) is 0 Å². The summed E-state index contributed by atoms with van der Waals surface area (Å²) >= 11 is 5.75. The number of benzene rings is 1. The van der Waals surface area contributed by atoms with Gasteiger partial charge in [-0.3, -0.25) is 9.59 Å². The van der Waals surface area contributed by atoms with E-state index in [0.717, 1.165) is 0 Å². The summed E-state index contributed by atoms with van der Waals surface area (Å²) in [4.78, 5) is 21.5. The minimum absolute atomic E-state index is 0.160. The molecule has 0 bridgehead atoms. The summed E-state index contributed by atoms with van der Waals surface area (Å²) in [6, 6.07) is 4.19. The molecule has 1 aromatic carbocycles. The van der Waals surface area contributed by atoms with Gasteiger partial charge in [0.2, 0.25) is 15.9 Å². The van der Waals surface area contributed by atoms with Crippen LogP contribution >= 0.6 is 11.6 Å². The van der Waals surface area contributed by atoms with Gasteiger partial charge in [-0.25, -0.2) is 8.42 Å². The monoisotopic (exact) mass is 320 g/mol. The number of nitrogens with zero attached hydrogens (tertiary/aromatic N) is 1. The fourth-order valence-corrected chi connectivity index (χ4v) is 3.38. The Morgan fingerprint density at radius 2 is 1.95 bits per heavy atom. The molecule has 1 amide bonds. The molecule has 0 spiro atoms. The van der Waals surface area contributed by atoms with Crippen LogP contribution < -0.4 is 5.73 Å². The van der Waals surface area contributed by atoms with Gasteiger partial charge in [-0.2, -0.15) is 4.31 Å². The first kappa shape index (κ1) is 16.4. The number of aryl methyl sites for hydroxylation is 1. The maximum atomic E-state index is 12.4. The highest BCUT2D eigenvalue weighted by Crippen LogP contribution is 2.23. The fourth-order valence-electron chi connectivity index (χ4n) is 1.54. The zero-order valence-electron chi connectivity index (χ0n) is 10.5. The number of carbonyl (C=O) groups is 2. The van der Waals surface area contributed by atoms with E-state index in [4.69, 9.17) is 22.4 Å². The SMILES string of the molecule is Cc1ccc(Cl)cc1S(=O)(=O)N(CC(N)=O)CC(=O)O. The molecule has 1 rings (SSSR count). The van der Waals surface area contributed by atoms with E-state index in [-0.39, 0.29) is 9.92 Å². The van der Waals surface area contributed by atoms with Gasteiger partial charge in [0.1, 0.15) is 6.54 Å². The van der Waals surface area contributed by atoms with Gasteiger partial charge in [-0.1, -0.05) is 17.7 Å². The van der Waals surface area contributed by atoms with Crippen LogP contribution in [0.5, 0.6) is 0 Å². The number of carboxylic acid groups (broad SMARTS) is 1. The molecule has 1 aromatic rings. The van der Waals surface area contributed by atoms with E-state index in [1.807, 2.05) is 0 Å². The topological polar surface area (TPSA) is 118 Å². The van der Waals surface area contributed by atoms with Crippen LogP contribution in [-0.2, 0) is 19.6 Å². The van der Waals surface area contributed by atoms with Crippen molar-refractivity contribution < 1.29 is 23.1 Å². The molecule has 0 aliphatic carbocycles. The molecule has 0 aromatic heterocycles. The number of carboxylic acids is 1. The van der Waals surface area contributed by atoms with Crippen molar-refractivity contribution in [3.63, 3.8) is 0 Å². The van der Waals surface area contributed by atoms with Crippen molar-refractivity contribution in [3.8, 4) is 0 Å². The molecule has 0 saturated carbocycles. The molecule has 0 aliphatic heterocycles. The molecule has 20 heavy (non-hydrogen) atoms. The zero-order valence-corrected chi connectivity index (χ0v) is 12.1. The molecular weight excluding hydrogens is 308 g/mol. The Bertz CT molecular complexity index is 628. The molecule has 0 unspecified atom stereocenters. The van der Waals surface area contributed by atoms with E-state index in [2.05, 4.69) is 0 Å². The highest BCUT2D eigenvalue weighted by atomic mass is 35.5. The standard InChI is InChI=1S/C11H13ClN2O5S/c1-7-2-3-8(12)4-9(7)20(18,19)14(5-10(13)15)6-11(16)17/h2-4H,5-6H2,1H3,(H2,13,15)(H,16,17). The number of amides is 1. The number of rotatable bonds is 6. The van der Waals surface area contributed by atoms with Gasteiger partial charge in [-0.05, 0) is 24.6 Å². The maximum Gasteiger partial charge on any atom is 0.318 e. The van der Waals surface area contributed by atoms with E-state index in [1.165, 1.54) is 25.1 Å². The summed E-state index contributed by atoms with van der Waals surface area (Å²) < 4.78 is 25.2. The van der Waals surface area contributed by atoms with Gasteiger partial charge >= 0.3 is 5.97 Å². The average molecular weight is 321 g/mol. The molecule has 0 fully saturated rings. The Morgan fingerprint density at radius 1 is 1.35 bits per heavy atom. The van der Waals surface area contributed by atoms with Crippen LogP contribution in [-0.4, -0.2) is 42.8 Å². The van der Waals surface area contributed by atoms with Crippen molar-refractivity contribution in [2.45, 2.75) is 11.8 Å².